The monoisotopic (exact) mass is 275 g/mol. The lowest BCUT2D eigenvalue weighted by molar-refractivity contribution is -0.134. The third-order valence-electron chi connectivity index (χ3n) is 1.67. The summed E-state index contributed by atoms with van der Waals surface area (Å²) in [5.74, 6) is -1.68. The first-order chi connectivity index (χ1) is 8.66. The van der Waals surface area contributed by atoms with Gasteiger partial charge in [-0.15, -0.1) is 0 Å². The van der Waals surface area contributed by atoms with E-state index in [4.69, 9.17) is 27.1 Å². The van der Waals surface area contributed by atoms with Crippen molar-refractivity contribution < 1.29 is 19.5 Å². The summed E-state index contributed by atoms with van der Waals surface area (Å²) in [6.07, 6.45) is 0.998. The molecule has 0 aromatic carbocycles. The maximum atomic E-state index is 10.9. The van der Waals surface area contributed by atoms with E-state index in [1.807, 2.05) is 0 Å². The average Bonchev–Trinajstić information content (AvgIpc) is 2.20. The molecule has 2 amide bonds. The van der Waals surface area contributed by atoms with Gasteiger partial charge < -0.3 is 27.6 Å². The number of primary amides is 1. The fourth-order valence-corrected chi connectivity index (χ4v) is 1.03. The molecular weight excluding hydrogens is 254 g/mol. The number of nitrogens with two attached hydrogens (primary N) is 3. The Bertz CT molecular complexity index is 335. The smallest absolute Gasteiger partial charge is 0.300 e. The molecule has 0 saturated heterocycles. The Morgan fingerprint density at radius 2 is 1.68 bits per heavy atom. The Morgan fingerprint density at radius 1 is 1.21 bits per heavy atom. The predicted octanol–water partition coefficient (Wildman–Crippen LogP) is -1.88. The SMILES string of the molecule is CC(=O)N[C@@H](CCCN=C(N)N)C(N)=O.CC(=O)O. The molecule has 0 unspecified atom stereocenters. The molecule has 0 rings (SSSR count). The molecule has 1 atom stereocenters. The topological polar surface area (TPSA) is 174 Å². The molecule has 110 valence electrons. The lowest BCUT2D eigenvalue weighted by Gasteiger charge is -2.12. The number of hydrogen-bond acceptors (Lipinski definition) is 4. The fraction of sp³-hybridized carbons (Fsp3) is 0.600. The minimum absolute atomic E-state index is 0.00477. The van der Waals surface area contributed by atoms with Gasteiger partial charge in [-0.05, 0) is 12.8 Å². The van der Waals surface area contributed by atoms with Gasteiger partial charge in [-0.1, -0.05) is 0 Å². The fourth-order valence-electron chi connectivity index (χ4n) is 1.03. The van der Waals surface area contributed by atoms with Crippen molar-refractivity contribution in [1.82, 2.24) is 5.32 Å². The van der Waals surface area contributed by atoms with Crippen LogP contribution in [0, 0.1) is 0 Å². The quantitative estimate of drug-likeness (QED) is 0.215. The van der Waals surface area contributed by atoms with E-state index in [2.05, 4.69) is 10.3 Å². The number of carboxylic acid groups (broad SMARTS) is 1. The number of rotatable bonds is 6. The molecule has 8 N–H and O–H groups in total. The molecule has 0 heterocycles. The predicted molar refractivity (Wildman–Crippen MR) is 70.0 cm³/mol. The normalized spacial score (nSPS) is 10.4. The first-order valence-electron chi connectivity index (χ1n) is 5.48. The third-order valence-corrected chi connectivity index (χ3v) is 1.67. The van der Waals surface area contributed by atoms with E-state index >= 15 is 0 Å². The summed E-state index contributed by atoms with van der Waals surface area (Å²) in [4.78, 5) is 34.3. The summed E-state index contributed by atoms with van der Waals surface area (Å²) in [6, 6.07) is -0.656. The van der Waals surface area contributed by atoms with E-state index in [9.17, 15) is 9.59 Å². The van der Waals surface area contributed by atoms with Crippen LogP contribution in [-0.4, -0.2) is 41.4 Å². The molecule has 0 radical (unpaired) electrons. The van der Waals surface area contributed by atoms with Gasteiger partial charge in [0.15, 0.2) is 5.96 Å². The van der Waals surface area contributed by atoms with Crippen molar-refractivity contribution in [3.8, 4) is 0 Å². The van der Waals surface area contributed by atoms with Gasteiger partial charge in [0, 0.05) is 20.4 Å². The van der Waals surface area contributed by atoms with Crippen LogP contribution in [0.4, 0.5) is 0 Å². The molecule has 0 aliphatic heterocycles. The molecule has 0 aliphatic carbocycles. The first-order valence-corrected chi connectivity index (χ1v) is 5.48. The summed E-state index contributed by atoms with van der Waals surface area (Å²) in [7, 11) is 0. The van der Waals surface area contributed by atoms with Gasteiger partial charge in [0.05, 0.1) is 0 Å². The molecule has 9 nitrogen and oxygen atoms in total. The molecule has 0 saturated carbocycles. The zero-order valence-electron chi connectivity index (χ0n) is 11.0. The van der Waals surface area contributed by atoms with Crippen molar-refractivity contribution in [2.75, 3.05) is 6.54 Å². The molecule has 19 heavy (non-hydrogen) atoms. The van der Waals surface area contributed by atoms with Gasteiger partial charge in [0.1, 0.15) is 6.04 Å². The standard InChI is InChI=1S/C8H17N5O2.C2H4O2/c1-5(14)13-6(7(9)15)3-2-4-12-8(10)11;1-2(3)4/h6H,2-4H2,1H3,(H2,9,15)(H,13,14)(H4,10,11,12);1H3,(H,3,4)/t6-;/m0./s1. The van der Waals surface area contributed by atoms with Gasteiger partial charge in [-0.25, -0.2) is 0 Å². The van der Waals surface area contributed by atoms with Crippen LogP contribution in [0.3, 0.4) is 0 Å². The van der Waals surface area contributed by atoms with Crippen LogP contribution >= 0.6 is 0 Å². The van der Waals surface area contributed by atoms with Gasteiger partial charge in [0.2, 0.25) is 11.8 Å². The number of nitrogens with one attached hydrogen (secondary N) is 1. The second kappa shape index (κ2) is 10.8. The van der Waals surface area contributed by atoms with Crippen molar-refractivity contribution in [2.24, 2.45) is 22.2 Å². The first kappa shape index (κ1) is 19.0. The maximum absolute atomic E-state index is 10.9. The summed E-state index contributed by atoms with van der Waals surface area (Å²) < 4.78 is 0. The number of carbonyl (C=O) groups excluding carboxylic acids is 2. The van der Waals surface area contributed by atoms with Crippen LogP contribution in [0.2, 0.25) is 0 Å². The molecule has 0 fully saturated rings. The van der Waals surface area contributed by atoms with Crippen molar-refractivity contribution in [3.63, 3.8) is 0 Å². The lowest BCUT2D eigenvalue weighted by Crippen LogP contribution is -2.43. The van der Waals surface area contributed by atoms with Gasteiger partial charge in [0.25, 0.3) is 5.97 Å². The zero-order valence-corrected chi connectivity index (χ0v) is 11.0. The zero-order chi connectivity index (χ0) is 15.4. The molecule has 9 heteroatoms. The number of guanidine groups is 1. The third kappa shape index (κ3) is 18.3. The summed E-state index contributed by atoms with van der Waals surface area (Å²) in [6.45, 7) is 2.82. The second-order valence-corrected chi connectivity index (χ2v) is 3.62. The average molecular weight is 275 g/mol. The highest BCUT2D eigenvalue weighted by molar-refractivity contribution is 5.85. The van der Waals surface area contributed by atoms with Gasteiger partial charge in [-0.2, -0.15) is 0 Å². The lowest BCUT2D eigenvalue weighted by atomic mass is 10.1. The van der Waals surface area contributed by atoms with E-state index in [-0.39, 0.29) is 11.9 Å². The Kier molecular flexibility index (Phi) is 10.8. The van der Waals surface area contributed by atoms with Gasteiger partial charge in [-0.3, -0.25) is 19.4 Å². The van der Waals surface area contributed by atoms with Crippen LogP contribution in [0.25, 0.3) is 0 Å². The minimum Gasteiger partial charge on any atom is -0.481 e. The van der Waals surface area contributed by atoms with E-state index in [0.29, 0.717) is 19.4 Å². The van der Waals surface area contributed by atoms with Crippen molar-refractivity contribution in [2.45, 2.75) is 32.7 Å². The van der Waals surface area contributed by atoms with Crippen molar-refractivity contribution in [3.05, 3.63) is 0 Å². The number of aliphatic imine (C=N–C) groups is 1. The van der Waals surface area contributed by atoms with Gasteiger partial charge >= 0.3 is 0 Å². The highest BCUT2D eigenvalue weighted by atomic mass is 16.4. The number of nitrogens with zero attached hydrogens (tertiary/aromatic N) is 1. The second-order valence-electron chi connectivity index (χ2n) is 3.62. The Hall–Kier alpha value is -2.32. The number of carboxylic acids is 1. The number of carbonyl (C=O) groups is 3. The molecule has 0 spiro atoms. The van der Waals surface area contributed by atoms with Crippen molar-refractivity contribution >= 4 is 23.7 Å². The van der Waals surface area contributed by atoms with Crippen LogP contribution in [-0.2, 0) is 14.4 Å². The highest BCUT2D eigenvalue weighted by Crippen LogP contribution is 1.97. The van der Waals surface area contributed by atoms with Crippen LogP contribution < -0.4 is 22.5 Å². The highest BCUT2D eigenvalue weighted by Gasteiger charge is 2.14. The number of aliphatic carboxylic acids is 1. The van der Waals surface area contributed by atoms with E-state index in [1.54, 1.807) is 0 Å². The van der Waals surface area contributed by atoms with Crippen molar-refractivity contribution in [1.29, 1.82) is 0 Å². The summed E-state index contributed by atoms with van der Waals surface area (Å²) >= 11 is 0. The van der Waals surface area contributed by atoms with Crippen LogP contribution in [0.15, 0.2) is 4.99 Å². The van der Waals surface area contributed by atoms with Crippen LogP contribution in [0.5, 0.6) is 0 Å². The molecular formula is C10H21N5O4. The Labute approximate surface area is 111 Å². The largest absolute Gasteiger partial charge is 0.481 e. The van der Waals surface area contributed by atoms with E-state index in [0.717, 1.165) is 6.92 Å². The number of amides is 2. The van der Waals surface area contributed by atoms with E-state index in [1.165, 1.54) is 6.92 Å². The molecule has 0 bridgehead atoms. The Balaban J connectivity index is 0. The molecule has 0 aromatic heterocycles. The number of hydrogen-bond donors (Lipinski definition) is 5. The maximum Gasteiger partial charge on any atom is 0.300 e. The molecule has 0 aliphatic rings. The summed E-state index contributed by atoms with van der Waals surface area (Å²) in [5, 5.41) is 9.86. The van der Waals surface area contributed by atoms with E-state index < -0.39 is 17.9 Å². The summed E-state index contributed by atoms with van der Waals surface area (Å²) in [5.41, 5.74) is 15.3. The minimum atomic E-state index is -0.833. The molecule has 0 aromatic rings. The van der Waals surface area contributed by atoms with Crippen LogP contribution in [0.1, 0.15) is 26.7 Å². The Morgan fingerprint density at radius 3 is 2.00 bits per heavy atom.